The van der Waals surface area contributed by atoms with Crippen LogP contribution in [0.5, 0.6) is 0 Å². The third kappa shape index (κ3) is 2.99. The van der Waals surface area contributed by atoms with Crippen molar-refractivity contribution in [1.82, 2.24) is 9.21 Å². The summed E-state index contributed by atoms with van der Waals surface area (Å²) in [5.74, 6) is -0.722. The molecule has 106 valence electrons. The molecule has 4 nitrogen and oxygen atoms in total. The third-order valence-electron chi connectivity index (χ3n) is 3.25. The predicted molar refractivity (Wildman–Crippen MR) is 75.0 cm³/mol. The summed E-state index contributed by atoms with van der Waals surface area (Å²) in [4.78, 5) is 1.81. The Kier molecular flexibility index (Phi) is 4.29. The molecule has 0 spiro atoms. The third-order valence-corrected chi connectivity index (χ3v) is 5.79. The normalized spacial score (nSPS) is 22.6. The van der Waals surface area contributed by atoms with E-state index in [4.69, 9.17) is 0 Å². The number of benzene rings is 1. The minimum absolute atomic E-state index is 0.160. The zero-order chi connectivity index (χ0) is 14.2. The van der Waals surface area contributed by atoms with Gasteiger partial charge in [0.15, 0.2) is 0 Å². The number of piperazine rings is 1. The van der Waals surface area contributed by atoms with Gasteiger partial charge in [-0.15, -0.1) is 0 Å². The number of likely N-dealkylation sites (N-methyl/N-ethyl adjacent to an activating group) is 1. The van der Waals surface area contributed by atoms with Crippen LogP contribution in [-0.2, 0) is 10.0 Å². The van der Waals surface area contributed by atoms with E-state index in [1.165, 1.54) is 22.5 Å². The van der Waals surface area contributed by atoms with E-state index in [1.54, 1.807) is 0 Å². The van der Waals surface area contributed by atoms with Crippen molar-refractivity contribution in [3.63, 3.8) is 0 Å². The van der Waals surface area contributed by atoms with Crippen molar-refractivity contribution in [2.24, 2.45) is 0 Å². The lowest BCUT2D eigenvalue weighted by atomic mass is 10.2. The summed E-state index contributed by atoms with van der Waals surface area (Å²) < 4.78 is 40.7. The van der Waals surface area contributed by atoms with Crippen LogP contribution in [0.3, 0.4) is 0 Å². The summed E-state index contributed by atoms with van der Waals surface area (Å²) >= 11 is 3.12. The highest BCUT2D eigenvalue weighted by Crippen LogP contribution is 2.25. The van der Waals surface area contributed by atoms with Crippen LogP contribution in [0.15, 0.2) is 27.6 Å². The van der Waals surface area contributed by atoms with Crippen molar-refractivity contribution < 1.29 is 12.8 Å². The first-order valence-corrected chi connectivity index (χ1v) is 8.21. The molecule has 2 rings (SSSR count). The molecule has 1 saturated heterocycles. The van der Waals surface area contributed by atoms with Gasteiger partial charge in [-0.3, -0.25) is 0 Å². The fourth-order valence-electron chi connectivity index (χ4n) is 2.29. The molecule has 0 aliphatic carbocycles. The van der Waals surface area contributed by atoms with Crippen LogP contribution in [0.25, 0.3) is 0 Å². The van der Waals surface area contributed by atoms with Crippen LogP contribution in [0.1, 0.15) is 6.92 Å². The van der Waals surface area contributed by atoms with E-state index >= 15 is 0 Å². The van der Waals surface area contributed by atoms with Crippen LogP contribution in [0.4, 0.5) is 4.39 Å². The second-order valence-electron chi connectivity index (χ2n) is 4.80. The van der Waals surface area contributed by atoms with E-state index in [9.17, 15) is 12.8 Å². The van der Waals surface area contributed by atoms with Crippen molar-refractivity contribution in [2.75, 3.05) is 26.7 Å². The monoisotopic (exact) mass is 350 g/mol. The van der Waals surface area contributed by atoms with Gasteiger partial charge in [0.05, 0.1) is 0 Å². The Hall–Kier alpha value is -0.500. The number of nitrogens with zero attached hydrogens (tertiary/aromatic N) is 2. The van der Waals surface area contributed by atoms with Gasteiger partial charge >= 0.3 is 0 Å². The second kappa shape index (κ2) is 5.47. The molecule has 1 aliphatic rings. The summed E-state index contributed by atoms with van der Waals surface area (Å²) in [6, 6.07) is 3.86. The Morgan fingerprint density at radius 3 is 2.63 bits per heavy atom. The molecule has 1 aliphatic heterocycles. The molecule has 0 bridgehead atoms. The van der Waals surface area contributed by atoms with Crippen molar-refractivity contribution in [1.29, 1.82) is 0 Å². The minimum atomic E-state index is -3.77. The number of halogens is 2. The Morgan fingerprint density at radius 1 is 1.37 bits per heavy atom. The van der Waals surface area contributed by atoms with Crippen molar-refractivity contribution in [3.8, 4) is 0 Å². The van der Waals surface area contributed by atoms with Crippen LogP contribution in [0, 0.1) is 5.82 Å². The zero-order valence-electron chi connectivity index (χ0n) is 10.8. The molecular formula is C12H16BrFN2O2S. The molecule has 0 radical (unpaired) electrons. The van der Waals surface area contributed by atoms with E-state index in [2.05, 4.69) is 20.8 Å². The minimum Gasteiger partial charge on any atom is -0.303 e. The molecule has 7 heteroatoms. The first-order valence-electron chi connectivity index (χ1n) is 5.98. The highest BCUT2D eigenvalue weighted by Gasteiger charge is 2.34. The molecule has 1 unspecified atom stereocenters. The van der Waals surface area contributed by atoms with Crippen LogP contribution in [-0.4, -0.2) is 50.3 Å². The fraction of sp³-hybridized carbons (Fsp3) is 0.500. The summed E-state index contributed by atoms with van der Waals surface area (Å²) in [6.45, 7) is 3.53. The maximum Gasteiger partial charge on any atom is 0.246 e. The summed E-state index contributed by atoms with van der Waals surface area (Å²) in [5, 5.41) is 0. The van der Waals surface area contributed by atoms with Crippen molar-refractivity contribution in [3.05, 3.63) is 28.5 Å². The van der Waals surface area contributed by atoms with Gasteiger partial charge in [-0.2, -0.15) is 4.31 Å². The molecule has 1 heterocycles. The maximum atomic E-state index is 13.9. The van der Waals surface area contributed by atoms with Crippen molar-refractivity contribution in [2.45, 2.75) is 17.9 Å². The Bertz CT molecular complexity index is 579. The van der Waals surface area contributed by atoms with Crippen LogP contribution < -0.4 is 0 Å². The van der Waals surface area contributed by atoms with E-state index in [1.807, 2.05) is 14.0 Å². The topological polar surface area (TPSA) is 40.6 Å². The smallest absolute Gasteiger partial charge is 0.246 e. The SMILES string of the molecule is CC1CN(C)CCN1S(=O)(=O)c1ccc(Br)cc1F. The highest BCUT2D eigenvalue weighted by molar-refractivity contribution is 9.10. The first-order chi connectivity index (χ1) is 8.82. The van der Waals surface area contributed by atoms with Crippen LogP contribution in [0.2, 0.25) is 0 Å². The number of hydrogen-bond acceptors (Lipinski definition) is 3. The van der Waals surface area contributed by atoms with E-state index < -0.39 is 15.8 Å². The Balaban J connectivity index is 2.37. The molecule has 1 aromatic rings. The average Bonchev–Trinajstić information content (AvgIpc) is 2.27. The Labute approximate surface area is 121 Å². The quantitative estimate of drug-likeness (QED) is 0.817. The molecule has 0 amide bonds. The van der Waals surface area contributed by atoms with E-state index in [0.717, 1.165) is 0 Å². The van der Waals surface area contributed by atoms with Gasteiger partial charge in [0, 0.05) is 30.1 Å². The molecule has 0 N–H and O–H groups in total. The largest absolute Gasteiger partial charge is 0.303 e. The van der Waals surface area contributed by atoms with Gasteiger partial charge in [-0.1, -0.05) is 15.9 Å². The molecule has 1 aromatic carbocycles. The standard InChI is InChI=1S/C12H16BrFN2O2S/c1-9-8-15(2)5-6-16(9)19(17,18)12-4-3-10(13)7-11(12)14/h3-4,7,9H,5-6,8H2,1-2H3. The molecule has 1 fully saturated rings. The fourth-order valence-corrected chi connectivity index (χ4v) is 4.28. The summed E-state index contributed by atoms with van der Waals surface area (Å²) in [6.07, 6.45) is 0. The van der Waals surface area contributed by atoms with Crippen LogP contribution >= 0.6 is 15.9 Å². The molecule has 1 atom stereocenters. The van der Waals surface area contributed by atoms with Gasteiger partial charge < -0.3 is 4.90 Å². The van der Waals surface area contributed by atoms with Gasteiger partial charge in [0.1, 0.15) is 10.7 Å². The highest BCUT2D eigenvalue weighted by atomic mass is 79.9. The molecule has 0 aromatic heterocycles. The number of sulfonamides is 1. The zero-order valence-corrected chi connectivity index (χ0v) is 13.2. The molecule has 19 heavy (non-hydrogen) atoms. The summed E-state index contributed by atoms with van der Waals surface area (Å²) in [5.41, 5.74) is 0. The lowest BCUT2D eigenvalue weighted by Crippen LogP contribution is -2.52. The van der Waals surface area contributed by atoms with Gasteiger partial charge in [0.2, 0.25) is 10.0 Å². The number of rotatable bonds is 2. The molecular weight excluding hydrogens is 335 g/mol. The Morgan fingerprint density at radius 2 is 2.05 bits per heavy atom. The lowest BCUT2D eigenvalue weighted by molar-refractivity contribution is 0.170. The maximum absolute atomic E-state index is 13.9. The first kappa shape index (κ1) is 14.9. The number of hydrogen-bond donors (Lipinski definition) is 0. The summed E-state index contributed by atoms with van der Waals surface area (Å²) in [7, 11) is -1.83. The molecule has 0 saturated carbocycles. The van der Waals surface area contributed by atoms with Gasteiger partial charge in [0.25, 0.3) is 0 Å². The predicted octanol–water partition coefficient (Wildman–Crippen LogP) is 1.91. The van der Waals surface area contributed by atoms with E-state index in [-0.39, 0.29) is 10.9 Å². The second-order valence-corrected chi connectivity index (χ2v) is 7.58. The van der Waals surface area contributed by atoms with Gasteiger partial charge in [-0.25, -0.2) is 12.8 Å². The van der Waals surface area contributed by atoms with Gasteiger partial charge in [-0.05, 0) is 32.2 Å². The lowest BCUT2D eigenvalue weighted by Gasteiger charge is -2.37. The van der Waals surface area contributed by atoms with E-state index in [0.29, 0.717) is 24.1 Å². The van der Waals surface area contributed by atoms with Crippen molar-refractivity contribution >= 4 is 26.0 Å². The average molecular weight is 351 g/mol.